The molecule has 0 aliphatic carbocycles. The molecule has 1 N–H and O–H groups in total. The lowest BCUT2D eigenvalue weighted by Gasteiger charge is -2.47. The van der Waals surface area contributed by atoms with Crippen molar-refractivity contribution in [3.63, 3.8) is 0 Å². The zero-order valence-corrected chi connectivity index (χ0v) is 31.3. The average Bonchev–Trinajstić information content (AvgIpc) is 3.36. The van der Waals surface area contributed by atoms with Gasteiger partial charge < -0.3 is 33.7 Å². The average molecular weight is 686 g/mol. The molecule has 3 rings (SSSR count). The summed E-state index contributed by atoms with van der Waals surface area (Å²) >= 11 is 1.20. The minimum Gasteiger partial charge on any atom is -0.459 e. The molecule has 12 heteroatoms. The highest BCUT2D eigenvalue weighted by Gasteiger charge is 2.57. The Balaban J connectivity index is 2.11. The number of Topliss-reactive ketones (excluding diaryl/α,β-unsaturated/α-hetero) is 2. The largest absolute Gasteiger partial charge is 0.459 e. The fraction of sp³-hybridized carbons (Fsp3) is 0.886. The molecular weight excluding hydrogens is 626 g/mol. The Kier molecular flexibility index (Phi) is 13.7. The second-order valence-electron chi connectivity index (χ2n) is 14.8. The van der Waals surface area contributed by atoms with Gasteiger partial charge in [0.25, 0.3) is 0 Å². The van der Waals surface area contributed by atoms with E-state index in [0.29, 0.717) is 25.2 Å². The lowest BCUT2D eigenvalue weighted by molar-refractivity contribution is -0.295. The Morgan fingerprint density at radius 1 is 1.06 bits per heavy atom. The Bertz CT molecular complexity index is 1140. The molecule has 0 radical (unpaired) electrons. The Labute approximate surface area is 285 Å². The summed E-state index contributed by atoms with van der Waals surface area (Å²) in [6.07, 6.45) is -2.83. The van der Waals surface area contributed by atoms with E-state index in [4.69, 9.17) is 23.7 Å². The van der Waals surface area contributed by atoms with Gasteiger partial charge in [0.05, 0.1) is 24.4 Å². The molecule has 3 saturated heterocycles. The van der Waals surface area contributed by atoms with E-state index in [0.717, 1.165) is 0 Å². The first kappa shape index (κ1) is 40.0. The van der Waals surface area contributed by atoms with Crippen molar-refractivity contribution in [2.75, 3.05) is 33.6 Å². The summed E-state index contributed by atoms with van der Waals surface area (Å²) in [6, 6.07) is -0.250. The van der Waals surface area contributed by atoms with Crippen LogP contribution in [0, 0.1) is 35.5 Å². The van der Waals surface area contributed by atoms with Gasteiger partial charge in [-0.25, -0.2) is 0 Å². The first-order chi connectivity index (χ1) is 21.8. The quantitative estimate of drug-likeness (QED) is 0.307. The van der Waals surface area contributed by atoms with Gasteiger partial charge in [-0.3, -0.25) is 19.2 Å². The van der Waals surface area contributed by atoms with Crippen molar-refractivity contribution in [3.05, 3.63) is 0 Å². The second-order valence-corrected chi connectivity index (χ2v) is 16.0. The molecule has 11 nitrogen and oxygen atoms in total. The number of cyclic esters (lactones) is 1. The number of carbonyl (C=O) groups is 4. The standard InChI is InChI=1S/C35H59NO10S/c1-13-26-35(9)27(24(16-43-35)17-47-23(7)37)20(4)28(38)18(2)15-34(8,42-12)31(21(5)29(39)22(6)32(41)45-26)46-33-30(40)25(36(10)11)14-19(3)44-33/h18-22,24-27,30-31,33,40H,13-17H2,1-12H3/t18?,19-,20?,21+,22?,24?,25+,26-,27-,30-,31-,33+,34-,35-/m1/s1. The van der Waals surface area contributed by atoms with Crippen molar-refractivity contribution in [3.8, 4) is 0 Å². The number of nitrogens with zero attached hydrogens (tertiary/aromatic N) is 1. The van der Waals surface area contributed by atoms with Crippen LogP contribution in [0.25, 0.3) is 0 Å². The zero-order valence-electron chi connectivity index (χ0n) is 30.4. The molecule has 3 fully saturated rings. The third-order valence-corrected chi connectivity index (χ3v) is 12.0. The van der Waals surface area contributed by atoms with E-state index < -0.39 is 71.2 Å². The van der Waals surface area contributed by atoms with Crippen LogP contribution >= 0.6 is 11.8 Å². The highest BCUT2D eigenvalue weighted by molar-refractivity contribution is 8.13. The molecule has 270 valence electrons. The smallest absolute Gasteiger partial charge is 0.316 e. The number of ether oxygens (including phenoxy) is 5. The van der Waals surface area contributed by atoms with Crippen LogP contribution in [0.4, 0.5) is 0 Å². The van der Waals surface area contributed by atoms with Gasteiger partial charge in [-0.1, -0.05) is 39.5 Å². The maximum absolute atomic E-state index is 14.4. The highest BCUT2D eigenvalue weighted by Crippen LogP contribution is 2.48. The lowest BCUT2D eigenvalue weighted by Crippen LogP contribution is -2.59. The number of hydrogen-bond donors (Lipinski definition) is 1. The topological polar surface area (TPSA) is 138 Å². The Hall–Kier alpha value is -1.41. The van der Waals surface area contributed by atoms with Gasteiger partial charge in [0, 0.05) is 49.5 Å². The van der Waals surface area contributed by atoms with E-state index in [2.05, 4.69) is 0 Å². The van der Waals surface area contributed by atoms with Crippen molar-refractivity contribution in [2.45, 2.75) is 130 Å². The number of thioether (sulfide) groups is 1. The fourth-order valence-corrected chi connectivity index (χ4v) is 9.04. The number of esters is 1. The number of carbonyl (C=O) groups excluding carboxylic acids is 4. The third-order valence-electron chi connectivity index (χ3n) is 11.0. The summed E-state index contributed by atoms with van der Waals surface area (Å²) in [5.41, 5.74) is -2.20. The van der Waals surface area contributed by atoms with E-state index in [1.807, 2.05) is 53.6 Å². The van der Waals surface area contributed by atoms with Crippen LogP contribution in [0.15, 0.2) is 0 Å². The molecule has 3 aliphatic rings. The molecule has 0 aromatic heterocycles. The number of rotatable bonds is 7. The van der Waals surface area contributed by atoms with E-state index in [1.165, 1.54) is 32.7 Å². The van der Waals surface area contributed by atoms with Gasteiger partial charge in [-0.05, 0) is 67.0 Å². The van der Waals surface area contributed by atoms with E-state index in [1.54, 1.807) is 13.8 Å². The SMILES string of the molecule is CC[C@H]1OC(=O)C(C)C(=O)[C@H](C)[C@@H](O[C@@H]2O[C@H](C)C[C@H](N(C)C)[C@H]2O)[C@](C)(OC)CC(C)C(=O)C(C)[C@@H]2C(CSC(C)=O)CO[C@@]21C. The maximum atomic E-state index is 14.4. The minimum atomic E-state index is -1.19. The first-order valence-corrected chi connectivity index (χ1v) is 18.1. The van der Waals surface area contributed by atoms with E-state index in [9.17, 15) is 24.3 Å². The van der Waals surface area contributed by atoms with Gasteiger partial charge in [-0.15, -0.1) is 0 Å². The molecule has 3 heterocycles. The third kappa shape index (κ3) is 8.49. The number of ketones is 2. The van der Waals surface area contributed by atoms with Crippen LogP contribution in [0.5, 0.6) is 0 Å². The Morgan fingerprint density at radius 2 is 1.70 bits per heavy atom. The summed E-state index contributed by atoms with van der Waals surface area (Å²) in [5.74, 6) is -4.19. The molecule has 0 aromatic rings. The zero-order chi connectivity index (χ0) is 35.6. The number of hydrogen-bond acceptors (Lipinski definition) is 12. The Morgan fingerprint density at radius 3 is 2.26 bits per heavy atom. The molecule has 0 aromatic carbocycles. The van der Waals surface area contributed by atoms with Crippen LogP contribution < -0.4 is 0 Å². The molecule has 0 amide bonds. The van der Waals surface area contributed by atoms with Crippen LogP contribution in [-0.4, -0.2) is 114 Å². The maximum Gasteiger partial charge on any atom is 0.316 e. The summed E-state index contributed by atoms with van der Waals surface area (Å²) in [6.45, 7) is 16.3. The number of fused-ring (bicyclic) bond motifs is 1. The van der Waals surface area contributed by atoms with Crippen LogP contribution in [-0.2, 0) is 42.9 Å². The van der Waals surface area contributed by atoms with Crippen LogP contribution in [0.2, 0.25) is 0 Å². The predicted molar refractivity (Wildman–Crippen MR) is 179 cm³/mol. The van der Waals surface area contributed by atoms with Crippen molar-refractivity contribution >= 4 is 34.4 Å². The van der Waals surface area contributed by atoms with Gasteiger partial charge in [0.2, 0.25) is 0 Å². The van der Waals surface area contributed by atoms with E-state index in [-0.39, 0.29) is 41.3 Å². The summed E-state index contributed by atoms with van der Waals surface area (Å²) < 4.78 is 31.3. The van der Waals surface area contributed by atoms with Crippen molar-refractivity contribution in [1.29, 1.82) is 0 Å². The molecule has 47 heavy (non-hydrogen) atoms. The summed E-state index contributed by atoms with van der Waals surface area (Å²) in [7, 11) is 5.27. The first-order valence-electron chi connectivity index (χ1n) is 17.1. The van der Waals surface area contributed by atoms with Crippen molar-refractivity contribution < 1.29 is 48.0 Å². The van der Waals surface area contributed by atoms with Crippen LogP contribution in [0.1, 0.15) is 81.6 Å². The van der Waals surface area contributed by atoms with E-state index >= 15 is 0 Å². The van der Waals surface area contributed by atoms with Gasteiger partial charge in [-0.2, -0.15) is 0 Å². The number of likely N-dealkylation sites (N-methyl/N-ethyl adjacent to an activating group) is 1. The van der Waals surface area contributed by atoms with Crippen molar-refractivity contribution in [2.24, 2.45) is 35.5 Å². The number of methoxy groups -OCH3 is 1. The summed E-state index contributed by atoms with van der Waals surface area (Å²) in [5, 5.41) is 11.3. The number of aliphatic hydroxyl groups is 1. The minimum absolute atomic E-state index is 0.0209. The van der Waals surface area contributed by atoms with Gasteiger partial charge in [0.15, 0.2) is 17.2 Å². The lowest BCUT2D eigenvalue weighted by atomic mass is 9.67. The fourth-order valence-electron chi connectivity index (χ4n) is 8.29. The van der Waals surface area contributed by atoms with Crippen LogP contribution in [0.3, 0.4) is 0 Å². The summed E-state index contributed by atoms with van der Waals surface area (Å²) in [4.78, 5) is 56.1. The molecule has 14 atom stereocenters. The monoisotopic (exact) mass is 685 g/mol. The predicted octanol–water partition coefficient (Wildman–Crippen LogP) is 3.91. The molecule has 0 saturated carbocycles. The molecule has 4 unspecified atom stereocenters. The molecule has 0 bridgehead atoms. The highest BCUT2D eigenvalue weighted by atomic mass is 32.2. The molecule has 3 aliphatic heterocycles. The normalized spacial score (nSPS) is 44.2. The molecular formula is C35H59NO10S. The molecule has 0 spiro atoms. The number of aliphatic hydroxyl groups excluding tert-OH is 1. The van der Waals surface area contributed by atoms with Gasteiger partial charge >= 0.3 is 5.97 Å². The van der Waals surface area contributed by atoms with Gasteiger partial charge in [0.1, 0.15) is 29.5 Å². The van der Waals surface area contributed by atoms with Crippen molar-refractivity contribution in [1.82, 2.24) is 4.90 Å². The second kappa shape index (κ2) is 16.1.